The molecule has 2 aromatic rings. The summed E-state index contributed by atoms with van der Waals surface area (Å²) in [6.45, 7) is 6.13. The lowest BCUT2D eigenvalue weighted by atomic mass is 10.1. The highest BCUT2D eigenvalue weighted by Crippen LogP contribution is 2.29. The Morgan fingerprint density at radius 2 is 2.14 bits per heavy atom. The van der Waals surface area contributed by atoms with Gasteiger partial charge in [-0.2, -0.15) is 5.26 Å². The van der Waals surface area contributed by atoms with Crippen molar-refractivity contribution in [3.8, 4) is 6.07 Å². The molecule has 108 valence electrons. The van der Waals surface area contributed by atoms with Gasteiger partial charge in [0.15, 0.2) is 0 Å². The summed E-state index contributed by atoms with van der Waals surface area (Å²) in [5.41, 5.74) is 1.84. The minimum absolute atomic E-state index is 0.624. The molecule has 0 saturated carbocycles. The fourth-order valence-corrected chi connectivity index (χ4v) is 2.72. The van der Waals surface area contributed by atoms with E-state index in [1.807, 2.05) is 30.3 Å². The van der Waals surface area contributed by atoms with Gasteiger partial charge in [0.25, 0.3) is 0 Å². The average Bonchev–Trinajstić information content (AvgIpc) is 2.49. The second-order valence-corrected chi connectivity index (χ2v) is 6.30. The van der Waals surface area contributed by atoms with Gasteiger partial charge in [-0.15, -0.1) is 0 Å². The third-order valence-corrected chi connectivity index (χ3v) is 3.92. The van der Waals surface area contributed by atoms with Crippen molar-refractivity contribution >= 4 is 11.8 Å². The maximum atomic E-state index is 9.33. The van der Waals surface area contributed by atoms with E-state index in [9.17, 15) is 5.26 Å². The number of nitrogens with zero attached hydrogens (tertiary/aromatic N) is 2. The van der Waals surface area contributed by atoms with E-state index in [0.717, 1.165) is 28.6 Å². The summed E-state index contributed by atoms with van der Waals surface area (Å²) in [5.74, 6) is 0.624. The zero-order valence-corrected chi connectivity index (χ0v) is 13.2. The van der Waals surface area contributed by atoms with Crippen LogP contribution in [0.3, 0.4) is 0 Å². The third kappa shape index (κ3) is 4.89. The molecule has 0 saturated heterocycles. The van der Waals surface area contributed by atoms with Crippen LogP contribution >= 0.6 is 11.8 Å². The molecule has 0 radical (unpaired) electrons. The minimum atomic E-state index is 0.624. The molecule has 4 heteroatoms. The smallest absolute Gasteiger partial charge is 0.101 e. The van der Waals surface area contributed by atoms with Crippen molar-refractivity contribution < 1.29 is 0 Å². The Balaban J connectivity index is 2.08. The highest BCUT2D eigenvalue weighted by molar-refractivity contribution is 7.99. The van der Waals surface area contributed by atoms with Crippen molar-refractivity contribution in [3.63, 3.8) is 0 Å². The molecule has 21 heavy (non-hydrogen) atoms. The quantitative estimate of drug-likeness (QED) is 0.880. The molecular formula is C17H19N3S. The van der Waals surface area contributed by atoms with Gasteiger partial charge in [-0.05, 0) is 42.3 Å². The summed E-state index contributed by atoms with van der Waals surface area (Å²) in [6.07, 6.45) is 1.76. The van der Waals surface area contributed by atoms with Crippen molar-refractivity contribution in [3.05, 3.63) is 53.7 Å². The summed E-state index contributed by atoms with van der Waals surface area (Å²) in [7, 11) is 0. The number of aromatic nitrogens is 1. The molecule has 0 fully saturated rings. The lowest BCUT2D eigenvalue weighted by Gasteiger charge is -2.09. The predicted molar refractivity (Wildman–Crippen MR) is 86.1 cm³/mol. The van der Waals surface area contributed by atoms with E-state index in [0.29, 0.717) is 11.5 Å². The van der Waals surface area contributed by atoms with Gasteiger partial charge in [-0.1, -0.05) is 37.7 Å². The second kappa shape index (κ2) is 7.82. The molecule has 0 aliphatic heterocycles. The van der Waals surface area contributed by atoms with Crippen LogP contribution in [0.5, 0.6) is 0 Å². The number of hydrogen-bond donors (Lipinski definition) is 1. The molecule has 3 nitrogen and oxygen atoms in total. The number of hydrogen-bond acceptors (Lipinski definition) is 4. The maximum Gasteiger partial charge on any atom is 0.101 e. The van der Waals surface area contributed by atoms with E-state index in [1.165, 1.54) is 11.8 Å². The zero-order valence-electron chi connectivity index (χ0n) is 12.3. The molecule has 2 rings (SSSR count). The Morgan fingerprint density at radius 3 is 2.81 bits per heavy atom. The van der Waals surface area contributed by atoms with Crippen LogP contribution in [-0.4, -0.2) is 11.5 Å². The summed E-state index contributed by atoms with van der Waals surface area (Å²) < 4.78 is 0. The van der Waals surface area contributed by atoms with Crippen molar-refractivity contribution in [2.75, 3.05) is 6.54 Å². The van der Waals surface area contributed by atoms with Crippen molar-refractivity contribution in [2.45, 2.75) is 30.3 Å². The first-order valence-corrected chi connectivity index (χ1v) is 7.83. The summed E-state index contributed by atoms with van der Waals surface area (Å²) in [5, 5.41) is 13.6. The molecule has 0 aliphatic carbocycles. The molecule has 1 N–H and O–H groups in total. The molecule has 0 amide bonds. The molecule has 1 aromatic carbocycles. The highest BCUT2D eigenvalue weighted by atomic mass is 32.2. The number of pyridine rings is 1. The summed E-state index contributed by atoms with van der Waals surface area (Å²) in [4.78, 5) is 5.23. The molecular weight excluding hydrogens is 278 g/mol. The Bertz CT molecular complexity index is 618. The van der Waals surface area contributed by atoms with Crippen LogP contribution in [0.1, 0.15) is 25.0 Å². The summed E-state index contributed by atoms with van der Waals surface area (Å²) >= 11 is 1.52. The molecule has 0 bridgehead atoms. The Kier molecular flexibility index (Phi) is 5.79. The van der Waals surface area contributed by atoms with Crippen molar-refractivity contribution in [1.82, 2.24) is 10.3 Å². The van der Waals surface area contributed by atoms with E-state index in [1.54, 1.807) is 6.20 Å². The topological polar surface area (TPSA) is 48.7 Å². The van der Waals surface area contributed by atoms with E-state index < -0.39 is 0 Å². The first-order chi connectivity index (χ1) is 10.2. The third-order valence-electron chi connectivity index (χ3n) is 2.90. The predicted octanol–water partition coefficient (Wildman–Crippen LogP) is 3.85. The van der Waals surface area contributed by atoms with Gasteiger partial charge in [0, 0.05) is 17.6 Å². The van der Waals surface area contributed by atoms with Gasteiger partial charge in [0.05, 0.1) is 5.56 Å². The first-order valence-electron chi connectivity index (χ1n) is 7.01. The van der Waals surface area contributed by atoms with E-state index in [2.05, 4.69) is 36.3 Å². The maximum absolute atomic E-state index is 9.33. The number of nitriles is 1. The Labute approximate surface area is 130 Å². The molecule has 1 heterocycles. The highest BCUT2D eigenvalue weighted by Gasteiger charge is 2.06. The van der Waals surface area contributed by atoms with Crippen LogP contribution in [0.4, 0.5) is 0 Å². The van der Waals surface area contributed by atoms with Gasteiger partial charge >= 0.3 is 0 Å². The van der Waals surface area contributed by atoms with Crippen LogP contribution in [0.2, 0.25) is 0 Å². The van der Waals surface area contributed by atoms with Crippen molar-refractivity contribution in [2.24, 2.45) is 5.92 Å². The van der Waals surface area contributed by atoms with E-state index >= 15 is 0 Å². The lowest BCUT2D eigenvalue weighted by Crippen LogP contribution is -2.18. The van der Waals surface area contributed by atoms with Crippen LogP contribution < -0.4 is 5.32 Å². The fourth-order valence-electron chi connectivity index (χ4n) is 1.89. The second-order valence-electron chi connectivity index (χ2n) is 5.24. The lowest BCUT2D eigenvalue weighted by molar-refractivity contribution is 0.552. The van der Waals surface area contributed by atoms with Gasteiger partial charge in [-0.25, -0.2) is 4.98 Å². The summed E-state index contributed by atoms with van der Waals surface area (Å²) in [6, 6.07) is 14.1. The van der Waals surface area contributed by atoms with E-state index in [4.69, 9.17) is 0 Å². The Morgan fingerprint density at radius 1 is 1.29 bits per heavy atom. The van der Waals surface area contributed by atoms with Gasteiger partial charge in [0.2, 0.25) is 0 Å². The standard InChI is InChI=1S/C17H19N3S/c1-13(2)11-19-12-14-6-7-16(15(9-14)10-18)21-17-5-3-4-8-20-17/h3-9,13,19H,11-12H2,1-2H3. The van der Waals surface area contributed by atoms with Crippen LogP contribution in [0.15, 0.2) is 52.5 Å². The molecule has 0 aliphatic rings. The van der Waals surface area contributed by atoms with Gasteiger partial charge in [0.1, 0.15) is 11.1 Å². The first kappa shape index (κ1) is 15.6. The van der Waals surface area contributed by atoms with E-state index in [-0.39, 0.29) is 0 Å². The molecule has 0 atom stereocenters. The normalized spacial score (nSPS) is 10.6. The molecule has 0 unspecified atom stereocenters. The van der Waals surface area contributed by atoms with Crippen LogP contribution in [0, 0.1) is 17.2 Å². The monoisotopic (exact) mass is 297 g/mol. The van der Waals surface area contributed by atoms with Crippen LogP contribution in [0.25, 0.3) is 0 Å². The number of benzene rings is 1. The van der Waals surface area contributed by atoms with Gasteiger partial charge < -0.3 is 5.32 Å². The average molecular weight is 297 g/mol. The number of nitrogens with one attached hydrogen (secondary N) is 1. The van der Waals surface area contributed by atoms with Crippen molar-refractivity contribution in [1.29, 1.82) is 5.26 Å². The molecule has 0 spiro atoms. The fraction of sp³-hybridized carbons (Fsp3) is 0.294. The SMILES string of the molecule is CC(C)CNCc1ccc(Sc2ccccn2)c(C#N)c1. The zero-order chi connectivity index (χ0) is 15.1. The number of rotatable bonds is 6. The minimum Gasteiger partial charge on any atom is -0.312 e. The largest absolute Gasteiger partial charge is 0.312 e. The van der Waals surface area contributed by atoms with Gasteiger partial charge in [-0.3, -0.25) is 0 Å². The molecule has 1 aromatic heterocycles. The van der Waals surface area contributed by atoms with Crippen LogP contribution in [-0.2, 0) is 6.54 Å². The Hall–Kier alpha value is -1.83.